The van der Waals surface area contributed by atoms with Gasteiger partial charge in [0.1, 0.15) is 11.5 Å². The van der Waals surface area contributed by atoms with Gasteiger partial charge in [0, 0.05) is 18.2 Å². The number of rotatable bonds is 8. The van der Waals surface area contributed by atoms with Crippen molar-refractivity contribution in [2.45, 2.75) is 38.5 Å². The molecule has 0 bridgehead atoms. The maximum Gasteiger partial charge on any atom is 0.306 e. The van der Waals surface area contributed by atoms with Gasteiger partial charge in [0.05, 0.1) is 0 Å². The van der Waals surface area contributed by atoms with Crippen LogP contribution in [0.2, 0.25) is 0 Å². The summed E-state index contributed by atoms with van der Waals surface area (Å²) in [6.45, 7) is -0.271. The number of anilines is 1. The molecule has 1 N–H and O–H groups in total. The number of hydrogen-bond acceptors (Lipinski definition) is 4. The Morgan fingerprint density at radius 3 is 2.48 bits per heavy atom. The average Bonchev–Trinajstić information content (AvgIpc) is 3.19. The summed E-state index contributed by atoms with van der Waals surface area (Å²) >= 11 is 0. The average molecular weight is 367 g/mol. The number of carbonyl (C=O) groups is 2. The Kier molecular flexibility index (Phi) is 6.85. The minimum atomic E-state index is -0.360. The smallest absolute Gasteiger partial charge is 0.306 e. The van der Waals surface area contributed by atoms with E-state index in [1.165, 1.54) is 25.7 Å². The third-order valence-corrected chi connectivity index (χ3v) is 4.69. The van der Waals surface area contributed by atoms with Crippen LogP contribution in [0.5, 0.6) is 11.5 Å². The van der Waals surface area contributed by atoms with Gasteiger partial charge in [-0.05, 0) is 36.6 Å². The molecule has 1 saturated carbocycles. The minimum absolute atomic E-state index is 0.271. The minimum Gasteiger partial charge on any atom is -0.457 e. The molecule has 0 radical (unpaired) electrons. The summed E-state index contributed by atoms with van der Waals surface area (Å²) in [7, 11) is 0. The fourth-order valence-corrected chi connectivity index (χ4v) is 3.30. The van der Waals surface area contributed by atoms with Crippen LogP contribution in [0.3, 0.4) is 0 Å². The molecular formula is C22H25NO4. The first-order valence-corrected chi connectivity index (χ1v) is 9.47. The number of para-hydroxylation sites is 1. The largest absolute Gasteiger partial charge is 0.457 e. The van der Waals surface area contributed by atoms with Gasteiger partial charge in [-0.3, -0.25) is 9.59 Å². The summed E-state index contributed by atoms with van der Waals surface area (Å²) in [6.07, 6.45) is 6.17. The van der Waals surface area contributed by atoms with Crippen LogP contribution in [-0.4, -0.2) is 18.5 Å². The number of benzene rings is 2. The van der Waals surface area contributed by atoms with E-state index in [1.54, 1.807) is 18.2 Å². The fraction of sp³-hybridized carbons (Fsp3) is 0.364. The van der Waals surface area contributed by atoms with Crippen molar-refractivity contribution in [1.82, 2.24) is 0 Å². The van der Waals surface area contributed by atoms with Gasteiger partial charge in [-0.2, -0.15) is 0 Å². The van der Waals surface area contributed by atoms with E-state index in [0.29, 0.717) is 23.8 Å². The fourth-order valence-electron chi connectivity index (χ4n) is 3.30. The molecule has 1 aliphatic rings. The molecule has 0 unspecified atom stereocenters. The molecule has 1 aliphatic carbocycles. The summed E-state index contributed by atoms with van der Waals surface area (Å²) in [6, 6.07) is 16.5. The van der Waals surface area contributed by atoms with Crippen molar-refractivity contribution < 1.29 is 19.1 Å². The van der Waals surface area contributed by atoms with Crippen molar-refractivity contribution in [3.63, 3.8) is 0 Å². The quantitative estimate of drug-likeness (QED) is 0.672. The molecule has 0 aromatic heterocycles. The Balaban J connectivity index is 1.42. The second-order valence-electron chi connectivity index (χ2n) is 6.84. The summed E-state index contributed by atoms with van der Waals surface area (Å²) < 4.78 is 10.8. The van der Waals surface area contributed by atoms with Crippen LogP contribution >= 0.6 is 0 Å². The zero-order valence-electron chi connectivity index (χ0n) is 15.4. The number of nitrogens with one attached hydrogen (secondary N) is 1. The van der Waals surface area contributed by atoms with Crippen LogP contribution in [0.25, 0.3) is 0 Å². The van der Waals surface area contributed by atoms with E-state index in [0.717, 1.165) is 12.2 Å². The molecule has 0 spiro atoms. The first-order chi connectivity index (χ1) is 13.2. The number of carbonyl (C=O) groups excluding carboxylic acids is 2. The predicted molar refractivity (Wildman–Crippen MR) is 104 cm³/mol. The molecule has 1 fully saturated rings. The second kappa shape index (κ2) is 9.76. The van der Waals surface area contributed by atoms with E-state index in [9.17, 15) is 9.59 Å². The number of amides is 1. The van der Waals surface area contributed by atoms with E-state index in [-0.39, 0.29) is 18.5 Å². The SMILES string of the molecule is O=C(COC(=O)CCC1CCCC1)Nc1cccc(Oc2ccccc2)c1. The highest BCUT2D eigenvalue weighted by molar-refractivity contribution is 5.92. The molecule has 0 aliphatic heterocycles. The normalized spacial score (nSPS) is 13.9. The van der Waals surface area contributed by atoms with Crippen LogP contribution in [0.15, 0.2) is 54.6 Å². The van der Waals surface area contributed by atoms with Crippen molar-refractivity contribution in [3.8, 4) is 11.5 Å². The Labute approximate surface area is 159 Å². The Morgan fingerprint density at radius 2 is 1.70 bits per heavy atom. The standard InChI is InChI=1S/C22H25NO4/c24-21(16-26-22(25)14-13-17-7-4-5-8-17)23-18-9-6-12-20(15-18)27-19-10-2-1-3-11-19/h1-3,6,9-12,15,17H,4-5,7-8,13-14,16H2,(H,23,24). The molecule has 142 valence electrons. The van der Waals surface area contributed by atoms with Gasteiger partial charge in [0.15, 0.2) is 6.61 Å². The highest BCUT2D eigenvalue weighted by Crippen LogP contribution is 2.28. The molecule has 3 rings (SSSR count). The lowest BCUT2D eigenvalue weighted by atomic mass is 10.0. The van der Waals surface area contributed by atoms with E-state index in [2.05, 4.69) is 5.32 Å². The van der Waals surface area contributed by atoms with E-state index < -0.39 is 0 Å². The number of hydrogen-bond donors (Lipinski definition) is 1. The van der Waals surface area contributed by atoms with Crippen molar-refractivity contribution in [3.05, 3.63) is 54.6 Å². The molecule has 1 amide bonds. The van der Waals surface area contributed by atoms with Gasteiger partial charge in [0.25, 0.3) is 5.91 Å². The predicted octanol–water partition coefficient (Wildman–Crippen LogP) is 4.93. The van der Waals surface area contributed by atoms with Gasteiger partial charge in [-0.1, -0.05) is 49.9 Å². The molecule has 0 saturated heterocycles. The first-order valence-electron chi connectivity index (χ1n) is 9.47. The zero-order chi connectivity index (χ0) is 18.9. The van der Waals surface area contributed by atoms with E-state index in [4.69, 9.17) is 9.47 Å². The lowest BCUT2D eigenvalue weighted by molar-refractivity contribution is -0.147. The summed E-state index contributed by atoms with van der Waals surface area (Å²) in [5.41, 5.74) is 0.593. The van der Waals surface area contributed by atoms with Crippen molar-refractivity contribution in [1.29, 1.82) is 0 Å². The van der Waals surface area contributed by atoms with Crippen LogP contribution in [0.1, 0.15) is 38.5 Å². The first kappa shape index (κ1) is 19.0. The van der Waals surface area contributed by atoms with Crippen LogP contribution < -0.4 is 10.1 Å². The molecule has 2 aromatic rings. The van der Waals surface area contributed by atoms with Gasteiger partial charge in [-0.15, -0.1) is 0 Å². The second-order valence-corrected chi connectivity index (χ2v) is 6.84. The van der Waals surface area contributed by atoms with E-state index in [1.807, 2.05) is 36.4 Å². The molecule has 2 aromatic carbocycles. The highest BCUT2D eigenvalue weighted by atomic mass is 16.5. The van der Waals surface area contributed by atoms with Gasteiger partial charge >= 0.3 is 5.97 Å². The Bertz CT molecular complexity index is 754. The number of ether oxygens (including phenoxy) is 2. The van der Waals surface area contributed by atoms with Crippen molar-refractivity contribution in [2.24, 2.45) is 5.92 Å². The lowest BCUT2D eigenvalue weighted by Gasteiger charge is -2.10. The maximum absolute atomic E-state index is 12.0. The molecule has 27 heavy (non-hydrogen) atoms. The summed E-state index contributed by atoms with van der Waals surface area (Å²) in [5, 5.41) is 2.72. The van der Waals surface area contributed by atoms with Crippen LogP contribution in [0.4, 0.5) is 5.69 Å². The topological polar surface area (TPSA) is 64.6 Å². The molecule has 5 heteroatoms. The maximum atomic E-state index is 12.0. The van der Waals surface area contributed by atoms with E-state index >= 15 is 0 Å². The lowest BCUT2D eigenvalue weighted by Crippen LogP contribution is -2.21. The van der Waals surface area contributed by atoms with Crippen molar-refractivity contribution >= 4 is 17.6 Å². The molecule has 0 heterocycles. The number of esters is 1. The summed E-state index contributed by atoms with van der Waals surface area (Å²) in [5.74, 6) is 1.31. The highest BCUT2D eigenvalue weighted by Gasteiger charge is 2.17. The van der Waals surface area contributed by atoms with Crippen molar-refractivity contribution in [2.75, 3.05) is 11.9 Å². The zero-order valence-corrected chi connectivity index (χ0v) is 15.4. The monoisotopic (exact) mass is 367 g/mol. The Morgan fingerprint density at radius 1 is 0.963 bits per heavy atom. The summed E-state index contributed by atoms with van der Waals surface area (Å²) in [4.78, 5) is 23.8. The molecular weight excluding hydrogens is 342 g/mol. The van der Waals surface area contributed by atoms with Gasteiger partial charge in [0.2, 0.25) is 0 Å². The Hall–Kier alpha value is -2.82. The third-order valence-electron chi connectivity index (χ3n) is 4.69. The van der Waals surface area contributed by atoms with Gasteiger partial charge in [-0.25, -0.2) is 0 Å². The molecule has 0 atom stereocenters. The van der Waals surface area contributed by atoms with Crippen LogP contribution in [0, 0.1) is 5.92 Å². The van der Waals surface area contributed by atoms with Crippen LogP contribution in [-0.2, 0) is 14.3 Å². The third kappa shape index (κ3) is 6.44. The molecule has 5 nitrogen and oxygen atoms in total. The van der Waals surface area contributed by atoms with Gasteiger partial charge < -0.3 is 14.8 Å².